The summed E-state index contributed by atoms with van der Waals surface area (Å²) in [6.07, 6.45) is -3.39. The third-order valence-electron chi connectivity index (χ3n) is 3.91. The second-order valence-corrected chi connectivity index (χ2v) is 6.62. The number of alkyl halides is 3. The lowest BCUT2D eigenvalue weighted by Crippen LogP contribution is -2.38. The molecule has 0 amide bonds. The number of hydrogen-bond donors (Lipinski definition) is 1. The van der Waals surface area contributed by atoms with Crippen molar-refractivity contribution in [3.05, 3.63) is 34.3 Å². The maximum atomic E-state index is 13.0. The normalized spacial score (nSPS) is 19.4. The number of hydrogen-bond acceptors (Lipinski definition) is 2. The van der Waals surface area contributed by atoms with E-state index in [1.54, 1.807) is 6.07 Å². The van der Waals surface area contributed by atoms with Crippen molar-refractivity contribution in [2.24, 2.45) is 5.92 Å². The van der Waals surface area contributed by atoms with Gasteiger partial charge in [-0.3, -0.25) is 4.90 Å². The summed E-state index contributed by atoms with van der Waals surface area (Å²) in [6, 6.07) is 4.51. The molecule has 0 radical (unpaired) electrons. The minimum absolute atomic E-state index is 0.172. The largest absolute Gasteiger partial charge is 0.417 e. The van der Waals surface area contributed by atoms with E-state index in [-0.39, 0.29) is 5.02 Å². The smallest absolute Gasteiger partial charge is 0.315 e. The van der Waals surface area contributed by atoms with Crippen molar-refractivity contribution in [3.8, 4) is 0 Å². The molecule has 2 nitrogen and oxygen atoms in total. The summed E-state index contributed by atoms with van der Waals surface area (Å²) in [5.41, 5.74) is -0.204. The first-order valence-corrected chi connectivity index (χ1v) is 7.96. The molecule has 1 fully saturated rings. The third-order valence-corrected chi connectivity index (χ3v) is 4.35. The Balaban J connectivity index is 2.22. The summed E-state index contributed by atoms with van der Waals surface area (Å²) in [5.74, 6) is 0.449. The quantitative estimate of drug-likeness (QED) is 0.869. The summed E-state index contributed by atoms with van der Waals surface area (Å²) < 4.78 is 38.9. The van der Waals surface area contributed by atoms with Crippen LogP contribution in [0.1, 0.15) is 31.4 Å². The highest BCUT2D eigenvalue weighted by Crippen LogP contribution is 2.36. The van der Waals surface area contributed by atoms with Gasteiger partial charge in [-0.2, -0.15) is 13.2 Å². The van der Waals surface area contributed by atoms with E-state index in [0.29, 0.717) is 24.1 Å². The zero-order chi connectivity index (χ0) is 16.3. The molecule has 1 aromatic carbocycles. The lowest BCUT2D eigenvalue weighted by Gasteiger charge is -2.30. The van der Waals surface area contributed by atoms with Crippen LogP contribution in [0.4, 0.5) is 13.2 Å². The van der Waals surface area contributed by atoms with Crippen LogP contribution in [0.15, 0.2) is 18.2 Å². The Kier molecular flexibility index (Phi) is 5.75. The van der Waals surface area contributed by atoms with E-state index in [0.717, 1.165) is 32.1 Å². The lowest BCUT2D eigenvalue weighted by molar-refractivity contribution is -0.137. The summed E-state index contributed by atoms with van der Waals surface area (Å²) in [7, 11) is 0. The Bertz CT molecular complexity index is 497. The van der Waals surface area contributed by atoms with Gasteiger partial charge in [0.1, 0.15) is 0 Å². The Morgan fingerprint density at radius 2 is 2.09 bits per heavy atom. The minimum atomic E-state index is -4.41. The van der Waals surface area contributed by atoms with Gasteiger partial charge in [-0.25, -0.2) is 0 Å². The number of nitrogens with one attached hydrogen (secondary N) is 1. The van der Waals surface area contributed by atoms with Gasteiger partial charge in [0.05, 0.1) is 10.6 Å². The van der Waals surface area contributed by atoms with Crippen LogP contribution in [0.25, 0.3) is 0 Å². The van der Waals surface area contributed by atoms with Crippen molar-refractivity contribution >= 4 is 11.6 Å². The second kappa shape index (κ2) is 7.20. The Morgan fingerprint density at radius 3 is 2.64 bits per heavy atom. The van der Waals surface area contributed by atoms with Crippen LogP contribution in [-0.4, -0.2) is 30.6 Å². The third kappa shape index (κ3) is 4.37. The van der Waals surface area contributed by atoms with Crippen molar-refractivity contribution in [1.29, 1.82) is 0 Å². The molecule has 0 spiro atoms. The van der Waals surface area contributed by atoms with Crippen molar-refractivity contribution in [1.82, 2.24) is 10.2 Å². The number of halogens is 4. The molecule has 1 saturated heterocycles. The lowest BCUT2D eigenvalue weighted by atomic mass is 10.1. The van der Waals surface area contributed by atoms with Gasteiger partial charge in [-0.15, -0.1) is 0 Å². The number of rotatable bonds is 5. The maximum Gasteiger partial charge on any atom is 0.417 e. The molecule has 0 saturated carbocycles. The van der Waals surface area contributed by atoms with Crippen molar-refractivity contribution in [3.63, 3.8) is 0 Å². The summed E-state index contributed by atoms with van der Waals surface area (Å²) >= 11 is 6.02. The van der Waals surface area contributed by atoms with Crippen LogP contribution in [0, 0.1) is 5.92 Å². The molecular formula is C16H22ClF3N2. The van der Waals surface area contributed by atoms with Crippen LogP contribution in [-0.2, 0) is 12.7 Å². The van der Waals surface area contributed by atoms with E-state index in [2.05, 4.69) is 24.1 Å². The van der Waals surface area contributed by atoms with Gasteiger partial charge in [-0.05, 0) is 30.5 Å². The molecule has 1 aliphatic rings. The van der Waals surface area contributed by atoms with Gasteiger partial charge in [0.25, 0.3) is 0 Å². The molecule has 22 heavy (non-hydrogen) atoms. The maximum absolute atomic E-state index is 13.0. The summed E-state index contributed by atoms with van der Waals surface area (Å²) in [6.45, 7) is 7.36. The topological polar surface area (TPSA) is 15.3 Å². The molecular weight excluding hydrogens is 313 g/mol. The first-order chi connectivity index (χ1) is 10.3. The van der Waals surface area contributed by atoms with E-state index < -0.39 is 11.7 Å². The van der Waals surface area contributed by atoms with E-state index in [9.17, 15) is 13.2 Å². The predicted molar refractivity (Wildman–Crippen MR) is 83.0 cm³/mol. The molecule has 124 valence electrons. The summed E-state index contributed by atoms with van der Waals surface area (Å²) in [4.78, 5) is 2.24. The van der Waals surface area contributed by atoms with Crippen molar-refractivity contribution < 1.29 is 13.2 Å². The predicted octanol–water partition coefficient (Wildman–Crippen LogP) is 4.18. The van der Waals surface area contributed by atoms with Gasteiger partial charge in [0.2, 0.25) is 0 Å². The van der Waals surface area contributed by atoms with Crippen LogP contribution < -0.4 is 5.32 Å². The second-order valence-electron chi connectivity index (χ2n) is 6.25. The highest BCUT2D eigenvalue weighted by molar-refractivity contribution is 6.32. The fourth-order valence-corrected chi connectivity index (χ4v) is 3.20. The highest BCUT2D eigenvalue weighted by Gasteiger charge is 2.34. The number of nitrogens with zero attached hydrogens (tertiary/aromatic N) is 1. The fourth-order valence-electron chi connectivity index (χ4n) is 2.90. The van der Waals surface area contributed by atoms with Gasteiger partial charge < -0.3 is 5.32 Å². The average Bonchev–Trinajstić information content (AvgIpc) is 2.92. The zero-order valence-corrected chi connectivity index (χ0v) is 13.6. The zero-order valence-electron chi connectivity index (χ0n) is 12.9. The van der Waals surface area contributed by atoms with Gasteiger partial charge in [0.15, 0.2) is 0 Å². The number of benzene rings is 1. The molecule has 1 N–H and O–H groups in total. The molecule has 1 aromatic rings. The van der Waals surface area contributed by atoms with Gasteiger partial charge in [-0.1, -0.05) is 37.6 Å². The van der Waals surface area contributed by atoms with Gasteiger partial charge >= 0.3 is 6.18 Å². The molecule has 0 unspecified atom stereocenters. The Hall–Kier alpha value is -0.780. The Labute approximate surface area is 134 Å². The fraction of sp³-hybridized carbons (Fsp3) is 0.625. The van der Waals surface area contributed by atoms with E-state index in [4.69, 9.17) is 11.6 Å². The van der Waals surface area contributed by atoms with Crippen LogP contribution in [0.3, 0.4) is 0 Å². The first-order valence-electron chi connectivity index (χ1n) is 7.58. The van der Waals surface area contributed by atoms with Crippen LogP contribution in [0.5, 0.6) is 0 Å². The molecule has 0 aliphatic carbocycles. The highest BCUT2D eigenvalue weighted by atomic mass is 35.5. The van der Waals surface area contributed by atoms with Crippen LogP contribution >= 0.6 is 11.6 Å². The average molecular weight is 335 g/mol. The molecule has 1 heterocycles. The van der Waals surface area contributed by atoms with E-state index >= 15 is 0 Å². The summed E-state index contributed by atoms with van der Waals surface area (Å²) in [5, 5.41) is 3.14. The van der Waals surface area contributed by atoms with E-state index in [1.165, 1.54) is 6.07 Å². The molecule has 0 bridgehead atoms. The van der Waals surface area contributed by atoms with Crippen LogP contribution in [0.2, 0.25) is 5.02 Å². The molecule has 2 rings (SSSR count). The molecule has 6 heteroatoms. The van der Waals surface area contributed by atoms with E-state index in [1.807, 2.05) is 0 Å². The Morgan fingerprint density at radius 1 is 1.36 bits per heavy atom. The van der Waals surface area contributed by atoms with Crippen molar-refractivity contribution in [2.75, 3.05) is 19.6 Å². The van der Waals surface area contributed by atoms with Gasteiger partial charge in [0, 0.05) is 25.7 Å². The SMILES string of the molecule is CC(C)CN(Cc1cccc(C(F)(F)F)c1Cl)[C@H]1CCNC1. The molecule has 1 atom stereocenters. The molecule has 0 aromatic heterocycles. The standard InChI is InChI=1S/C16H22ClF3N2/c1-11(2)9-22(13-6-7-21-8-13)10-12-4-3-5-14(15(12)17)16(18,19)20/h3-5,11,13,21H,6-10H2,1-2H3/t13-/m0/s1. The monoisotopic (exact) mass is 334 g/mol. The van der Waals surface area contributed by atoms with Crippen molar-refractivity contribution in [2.45, 2.75) is 39.0 Å². The minimum Gasteiger partial charge on any atom is -0.315 e. The first kappa shape index (κ1) is 17.6. The molecule has 1 aliphatic heterocycles.